The van der Waals surface area contributed by atoms with Crippen LogP contribution in [-0.4, -0.2) is 53.2 Å². The molecule has 1 saturated heterocycles. The van der Waals surface area contributed by atoms with Crippen molar-refractivity contribution < 1.29 is 9.90 Å². The number of nitriles is 1. The van der Waals surface area contributed by atoms with Crippen molar-refractivity contribution >= 4 is 5.91 Å². The molecule has 1 aliphatic heterocycles. The summed E-state index contributed by atoms with van der Waals surface area (Å²) in [7, 11) is 0. The van der Waals surface area contributed by atoms with E-state index in [4.69, 9.17) is 5.26 Å². The van der Waals surface area contributed by atoms with Gasteiger partial charge in [0.25, 0.3) is 5.91 Å². The molecule has 0 saturated carbocycles. The topological polar surface area (TPSA) is 92.1 Å². The molecule has 0 aliphatic carbocycles. The van der Waals surface area contributed by atoms with E-state index in [1.54, 1.807) is 0 Å². The number of aromatic amines is 1. The predicted molar refractivity (Wildman–Crippen MR) is 69.5 cm³/mol. The molecule has 1 atom stereocenters. The number of hydrogen-bond acceptors (Lipinski definition) is 4. The third-order valence-electron chi connectivity index (χ3n) is 3.22. The Morgan fingerprint density at radius 1 is 1.58 bits per heavy atom. The number of β-amino-alcohol motifs (C(OH)–C–C–N with tert-alkyl or cyclic N) is 1. The number of amides is 1. The van der Waals surface area contributed by atoms with E-state index in [9.17, 15) is 9.90 Å². The van der Waals surface area contributed by atoms with Gasteiger partial charge in [-0.05, 0) is 32.0 Å². The molecule has 19 heavy (non-hydrogen) atoms. The van der Waals surface area contributed by atoms with Gasteiger partial charge in [0.15, 0.2) is 0 Å². The van der Waals surface area contributed by atoms with Crippen LogP contribution in [0.2, 0.25) is 0 Å². The molecule has 102 valence electrons. The van der Waals surface area contributed by atoms with Gasteiger partial charge < -0.3 is 20.3 Å². The highest BCUT2D eigenvalue weighted by molar-refractivity contribution is 5.92. The van der Waals surface area contributed by atoms with Gasteiger partial charge in [-0.2, -0.15) is 5.26 Å². The largest absolute Gasteiger partial charge is 0.390 e. The van der Waals surface area contributed by atoms with E-state index < -0.39 is 6.10 Å². The second-order valence-corrected chi connectivity index (χ2v) is 4.79. The zero-order valence-electron chi connectivity index (χ0n) is 10.7. The maximum atomic E-state index is 11.7. The number of hydrogen-bond donors (Lipinski definition) is 3. The second kappa shape index (κ2) is 6.36. The number of rotatable bonds is 5. The van der Waals surface area contributed by atoms with Gasteiger partial charge in [-0.15, -0.1) is 0 Å². The predicted octanol–water partition coefficient (Wildman–Crippen LogP) is 0.0729. The first-order valence-corrected chi connectivity index (χ1v) is 6.46. The zero-order valence-corrected chi connectivity index (χ0v) is 10.7. The normalized spacial score (nSPS) is 17.1. The summed E-state index contributed by atoms with van der Waals surface area (Å²) in [5, 5.41) is 21.2. The Morgan fingerprint density at radius 3 is 2.95 bits per heavy atom. The van der Waals surface area contributed by atoms with Crippen LogP contribution in [0.3, 0.4) is 0 Å². The van der Waals surface area contributed by atoms with Crippen molar-refractivity contribution in [3.8, 4) is 6.07 Å². The number of carbonyl (C=O) groups is 1. The molecule has 6 nitrogen and oxygen atoms in total. The summed E-state index contributed by atoms with van der Waals surface area (Å²) in [6, 6.07) is 3.44. The Bertz CT molecular complexity index is 471. The number of nitrogens with zero attached hydrogens (tertiary/aromatic N) is 2. The van der Waals surface area contributed by atoms with Gasteiger partial charge in [-0.25, -0.2) is 0 Å². The molecule has 1 unspecified atom stereocenters. The molecular formula is C13H18N4O2. The lowest BCUT2D eigenvalue weighted by atomic mass is 10.3. The van der Waals surface area contributed by atoms with E-state index in [1.807, 2.05) is 6.07 Å². The standard InChI is InChI=1S/C13H18N4O2/c14-6-10-5-12(15-7-10)13(19)16-8-11(18)9-17-3-1-2-4-17/h5,7,11,15,18H,1-4,8-9H2,(H,16,19). The average Bonchev–Trinajstić information content (AvgIpc) is 3.06. The molecule has 6 heteroatoms. The van der Waals surface area contributed by atoms with Crippen molar-refractivity contribution in [2.45, 2.75) is 18.9 Å². The molecule has 0 radical (unpaired) electrons. The molecular weight excluding hydrogens is 244 g/mol. The lowest BCUT2D eigenvalue weighted by molar-refractivity contribution is 0.0875. The third kappa shape index (κ3) is 3.81. The average molecular weight is 262 g/mol. The fourth-order valence-corrected chi connectivity index (χ4v) is 2.22. The first-order chi connectivity index (χ1) is 9.19. The van der Waals surface area contributed by atoms with Gasteiger partial charge in [0.2, 0.25) is 0 Å². The molecule has 1 amide bonds. The quantitative estimate of drug-likeness (QED) is 0.700. The van der Waals surface area contributed by atoms with E-state index in [0.717, 1.165) is 13.1 Å². The molecule has 0 bridgehead atoms. The molecule has 1 aliphatic rings. The molecule has 2 rings (SSSR count). The highest BCUT2D eigenvalue weighted by Gasteiger charge is 2.16. The third-order valence-corrected chi connectivity index (χ3v) is 3.22. The van der Waals surface area contributed by atoms with E-state index in [0.29, 0.717) is 17.8 Å². The van der Waals surface area contributed by atoms with E-state index in [2.05, 4.69) is 15.2 Å². The van der Waals surface area contributed by atoms with Crippen molar-refractivity contribution in [3.63, 3.8) is 0 Å². The van der Waals surface area contributed by atoms with E-state index in [-0.39, 0.29) is 12.5 Å². The molecule has 0 spiro atoms. The monoisotopic (exact) mass is 262 g/mol. The minimum absolute atomic E-state index is 0.218. The fraction of sp³-hybridized carbons (Fsp3) is 0.538. The van der Waals surface area contributed by atoms with Crippen LogP contribution in [0.25, 0.3) is 0 Å². The van der Waals surface area contributed by atoms with Gasteiger partial charge in [-0.1, -0.05) is 0 Å². The minimum atomic E-state index is -0.563. The lowest BCUT2D eigenvalue weighted by Crippen LogP contribution is -2.39. The number of aliphatic hydroxyl groups excluding tert-OH is 1. The second-order valence-electron chi connectivity index (χ2n) is 4.79. The first-order valence-electron chi connectivity index (χ1n) is 6.46. The highest BCUT2D eigenvalue weighted by Crippen LogP contribution is 2.07. The summed E-state index contributed by atoms with van der Waals surface area (Å²) in [6.07, 6.45) is 3.28. The van der Waals surface area contributed by atoms with Crippen LogP contribution in [0.5, 0.6) is 0 Å². The van der Waals surface area contributed by atoms with Gasteiger partial charge >= 0.3 is 0 Å². The van der Waals surface area contributed by atoms with Crippen molar-refractivity contribution in [1.82, 2.24) is 15.2 Å². The summed E-state index contributed by atoms with van der Waals surface area (Å²) in [4.78, 5) is 16.7. The minimum Gasteiger partial charge on any atom is -0.390 e. The number of H-pyrrole nitrogens is 1. The van der Waals surface area contributed by atoms with E-state index in [1.165, 1.54) is 25.1 Å². The Kier molecular flexibility index (Phi) is 4.55. The molecule has 0 aromatic carbocycles. The Hall–Kier alpha value is -1.84. The van der Waals surface area contributed by atoms with Crippen LogP contribution in [0.15, 0.2) is 12.3 Å². The molecule has 1 aromatic rings. The lowest BCUT2D eigenvalue weighted by Gasteiger charge is -2.19. The number of carbonyl (C=O) groups excluding carboxylic acids is 1. The van der Waals surface area contributed by atoms with Gasteiger partial charge in [0.05, 0.1) is 11.7 Å². The van der Waals surface area contributed by atoms with Crippen LogP contribution in [0, 0.1) is 11.3 Å². The van der Waals surface area contributed by atoms with Crippen LogP contribution < -0.4 is 5.32 Å². The number of aromatic nitrogens is 1. The summed E-state index contributed by atoms with van der Waals surface area (Å²) in [6.45, 7) is 2.85. The molecule has 3 N–H and O–H groups in total. The zero-order chi connectivity index (χ0) is 13.7. The van der Waals surface area contributed by atoms with Crippen LogP contribution in [0.4, 0.5) is 0 Å². The van der Waals surface area contributed by atoms with E-state index >= 15 is 0 Å². The smallest absolute Gasteiger partial charge is 0.267 e. The fourth-order valence-electron chi connectivity index (χ4n) is 2.22. The number of nitrogens with one attached hydrogen (secondary N) is 2. The highest BCUT2D eigenvalue weighted by atomic mass is 16.3. The van der Waals surface area contributed by atoms with Crippen molar-refractivity contribution in [2.75, 3.05) is 26.2 Å². The maximum absolute atomic E-state index is 11.7. The van der Waals surface area contributed by atoms with Crippen LogP contribution >= 0.6 is 0 Å². The van der Waals surface area contributed by atoms with Gasteiger partial charge in [0, 0.05) is 19.3 Å². The van der Waals surface area contributed by atoms with Crippen molar-refractivity contribution in [1.29, 1.82) is 5.26 Å². The number of likely N-dealkylation sites (tertiary alicyclic amines) is 1. The summed E-state index contributed by atoms with van der Waals surface area (Å²) in [5.41, 5.74) is 0.757. The first kappa shape index (κ1) is 13.6. The van der Waals surface area contributed by atoms with Crippen LogP contribution in [-0.2, 0) is 0 Å². The molecule has 2 heterocycles. The van der Waals surface area contributed by atoms with Gasteiger partial charge in [-0.3, -0.25) is 4.79 Å². The van der Waals surface area contributed by atoms with Gasteiger partial charge in [0.1, 0.15) is 11.8 Å². The summed E-state index contributed by atoms with van der Waals surface area (Å²) < 4.78 is 0. The Balaban J connectivity index is 1.75. The van der Waals surface area contributed by atoms with Crippen molar-refractivity contribution in [3.05, 3.63) is 23.5 Å². The number of aliphatic hydroxyl groups is 1. The summed E-state index contributed by atoms with van der Waals surface area (Å²) >= 11 is 0. The Labute approximate surface area is 112 Å². The Morgan fingerprint density at radius 2 is 2.32 bits per heavy atom. The molecule has 1 fully saturated rings. The summed E-state index contributed by atoms with van der Waals surface area (Å²) in [5.74, 6) is -0.304. The van der Waals surface area contributed by atoms with Crippen LogP contribution in [0.1, 0.15) is 28.9 Å². The SMILES string of the molecule is N#Cc1c[nH]c(C(=O)NCC(O)CN2CCCC2)c1. The molecule has 1 aromatic heterocycles. The van der Waals surface area contributed by atoms with Crippen molar-refractivity contribution in [2.24, 2.45) is 0 Å². The maximum Gasteiger partial charge on any atom is 0.267 e.